The second-order valence-electron chi connectivity index (χ2n) is 5.13. The molecule has 1 amide bonds. The Morgan fingerprint density at radius 3 is 2.89 bits per heavy atom. The van der Waals surface area contributed by atoms with Crippen LogP contribution in [0.3, 0.4) is 0 Å². The normalized spacial score (nSPS) is 12.1. The summed E-state index contributed by atoms with van der Waals surface area (Å²) in [6.45, 7) is 6.18. The van der Waals surface area contributed by atoms with Gasteiger partial charge in [-0.2, -0.15) is 5.10 Å². The monoisotopic (exact) mass is 257 g/mol. The van der Waals surface area contributed by atoms with Gasteiger partial charge in [0.05, 0.1) is 11.1 Å². The number of hydrazone groups is 1. The number of nitrogens with zero attached hydrogens (tertiary/aromatic N) is 1. The number of carbonyl (C=O) groups excluding carboxylic acids is 1. The van der Waals surface area contributed by atoms with E-state index in [-0.39, 0.29) is 5.91 Å². The van der Waals surface area contributed by atoms with Crippen LogP contribution in [0.15, 0.2) is 35.6 Å². The molecule has 0 saturated heterocycles. The van der Waals surface area contributed by atoms with Crippen LogP contribution >= 0.6 is 0 Å². The summed E-state index contributed by atoms with van der Waals surface area (Å²) in [5.41, 5.74) is 5.01. The Balaban J connectivity index is 2.14. The SMILES string of the molecule is C/C(CC(C)C)=N/NC(=O)c1cccc2cc[nH]c12. The van der Waals surface area contributed by atoms with Crippen molar-refractivity contribution in [1.29, 1.82) is 0 Å². The van der Waals surface area contributed by atoms with E-state index in [4.69, 9.17) is 0 Å². The lowest BCUT2D eigenvalue weighted by atomic mass is 10.1. The van der Waals surface area contributed by atoms with Gasteiger partial charge < -0.3 is 4.98 Å². The molecule has 4 heteroatoms. The smallest absolute Gasteiger partial charge is 0.273 e. The molecule has 0 saturated carbocycles. The Labute approximate surface area is 112 Å². The third kappa shape index (κ3) is 3.22. The van der Waals surface area contributed by atoms with Crippen LogP contribution < -0.4 is 5.43 Å². The number of rotatable bonds is 4. The number of para-hydroxylation sites is 1. The molecule has 4 nitrogen and oxygen atoms in total. The lowest BCUT2D eigenvalue weighted by molar-refractivity contribution is 0.0956. The number of aromatic nitrogens is 1. The molecule has 0 bridgehead atoms. The Morgan fingerprint density at radius 2 is 2.16 bits per heavy atom. The van der Waals surface area contributed by atoms with Crippen LogP contribution in [0, 0.1) is 5.92 Å². The highest BCUT2D eigenvalue weighted by Gasteiger charge is 2.09. The Kier molecular flexibility index (Phi) is 4.00. The molecule has 1 aromatic carbocycles. The van der Waals surface area contributed by atoms with Gasteiger partial charge in [-0.1, -0.05) is 26.0 Å². The van der Waals surface area contributed by atoms with Gasteiger partial charge in [0.15, 0.2) is 0 Å². The van der Waals surface area contributed by atoms with Crippen LogP contribution in [0.2, 0.25) is 0 Å². The molecule has 100 valence electrons. The van der Waals surface area contributed by atoms with Gasteiger partial charge in [0, 0.05) is 17.3 Å². The van der Waals surface area contributed by atoms with Gasteiger partial charge in [-0.3, -0.25) is 4.79 Å². The van der Waals surface area contributed by atoms with Crippen LogP contribution in [-0.2, 0) is 0 Å². The van der Waals surface area contributed by atoms with Crippen LogP contribution in [-0.4, -0.2) is 16.6 Å². The summed E-state index contributed by atoms with van der Waals surface area (Å²) in [5, 5.41) is 5.16. The number of nitrogens with one attached hydrogen (secondary N) is 2. The van der Waals surface area contributed by atoms with E-state index in [0.29, 0.717) is 11.5 Å². The van der Waals surface area contributed by atoms with Gasteiger partial charge in [0.2, 0.25) is 0 Å². The lowest BCUT2D eigenvalue weighted by Crippen LogP contribution is -2.19. The number of aromatic amines is 1. The summed E-state index contributed by atoms with van der Waals surface area (Å²) >= 11 is 0. The molecule has 0 fully saturated rings. The Hall–Kier alpha value is -2.10. The zero-order chi connectivity index (χ0) is 13.8. The van der Waals surface area contributed by atoms with Gasteiger partial charge in [0.1, 0.15) is 0 Å². The van der Waals surface area contributed by atoms with E-state index < -0.39 is 0 Å². The molecule has 0 aliphatic heterocycles. The second kappa shape index (κ2) is 5.69. The molecule has 0 aliphatic carbocycles. The quantitative estimate of drug-likeness (QED) is 0.640. The van der Waals surface area contributed by atoms with E-state index in [1.165, 1.54) is 0 Å². The van der Waals surface area contributed by atoms with Crippen molar-refractivity contribution in [2.24, 2.45) is 11.0 Å². The van der Waals surface area contributed by atoms with Crippen LogP contribution in [0.5, 0.6) is 0 Å². The molecule has 0 spiro atoms. The Bertz CT molecular complexity index is 611. The number of amides is 1. The first-order valence-electron chi connectivity index (χ1n) is 6.47. The average molecular weight is 257 g/mol. The predicted octanol–water partition coefficient (Wildman–Crippen LogP) is 3.32. The minimum atomic E-state index is -0.184. The molecule has 2 aromatic rings. The standard InChI is InChI=1S/C15H19N3O/c1-10(2)9-11(3)17-18-15(19)13-6-4-5-12-7-8-16-14(12)13/h4-8,10,16H,9H2,1-3H3,(H,18,19)/b17-11-. The van der Waals surface area contributed by atoms with Crippen molar-refractivity contribution < 1.29 is 4.79 Å². The maximum Gasteiger partial charge on any atom is 0.273 e. The molecule has 0 atom stereocenters. The van der Waals surface area contributed by atoms with Crippen molar-refractivity contribution in [2.45, 2.75) is 27.2 Å². The summed E-state index contributed by atoms with van der Waals surface area (Å²) in [6, 6.07) is 7.58. The van der Waals surface area contributed by atoms with E-state index in [2.05, 4.69) is 29.4 Å². The molecule has 1 aromatic heterocycles. The first-order valence-corrected chi connectivity index (χ1v) is 6.47. The van der Waals surface area contributed by atoms with E-state index in [1.54, 1.807) is 6.07 Å². The number of fused-ring (bicyclic) bond motifs is 1. The molecule has 2 N–H and O–H groups in total. The maximum atomic E-state index is 12.1. The molecule has 0 aliphatic rings. The lowest BCUT2D eigenvalue weighted by Gasteiger charge is -2.05. The molecule has 0 unspecified atom stereocenters. The number of hydrogen-bond acceptors (Lipinski definition) is 2. The van der Waals surface area contributed by atoms with E-state index >= 15 is 0 Å². The first-order chi connectivity index (χ1) is 9.08. The van der Waals surface area contributed by atoms with Crippen molar-refractivity contribution in [1.82, 2.24) is 10.4 Å². The van der Waals surface area contributed by atoms with Crippen molar-refractivity contribution in [3.05, 3.63) is 36.0 Å². The van der Waals surface area contributed by atoms with Crippen LogP contribution in [0.4, 0.5) is 0 Å². The topological polar surface area (TPSA) is 57.2 Å². The van der Waals surface area contributed by atoms with Crippen molar-refractivity contribution in [3.63, 3.8) is 0 Å². The van der Waals surface area contributed by atoms with E-state index in [1.807, 2.05) is 31.3 Å². The fourth-order valence-electron chi connectivity index (χ4n) is 2.12. The minimum absolute atomic E-state index is 0.184. The number of benzene rings is 1. The third-order valence-corrected chi connectivity index (χ3v) is 2.88. The summed E-state index contributed by atoms with van der Waals surface area (Å²) in [7, 11) is 0. The van der Waals surface area contributed by atoms with E-state index in [0.717, 1.165) is 23.0 Å². The van der Waals surface area contributed by atoms with Crippen LogP contribution in [0.25, 0.3) is 10.9 Å². The zero-order valence-corrected chi connectivity index (χ0v) is 11.5. The molecule has 1 heterocycles. The average Bonchev–Trinajstić information content (AvgIpc) is 2.83. The fraction of sp³-hybridized carbons (Fsp3) is 0.333. The fourth-order valence-corrected chi connectivity index (χ4v) is 2.12. The summed E-state index contributed by atoms with van der Waals surface area (Å²) in [4.78, 5) is 15.2. The first kappa shape index (κ1) is 13.3. The maximum absolute atomic E-state index is 12.1. The van der Waals surface area contributed by atoms with Gasteiger partial charge in [-0.25, -0.2) is 5.43 Å². The van der Waals surface area contributed by atoms with Crippen molar-refractivity contribution in [2.75, 3.05) is 0 Å². The second-order valence-corrected chi connectivity index (χ2v) is 5.13. The summed E-state index contributed by atoms with van der Waals surface area (Å²) in [5.74, 6) is 0.351. The highest BCUT2D eigenvalue weighted by atomic mass is 16.2. The molecule has 0 radical (unpaired) electrons. The van der Waals surface area contributed by atoms with Crippen molar-refractivity contribution in [3.8, 4) is 0 Å². The summed E-state index contributed by atoms with van der Waals surface area (Å²) < 4.78 is 0. The van der Waals surface area contributed by atoms with Gasteiger partial charge in [-0.05, 0) is 31.4 Å². The Morgan fingerprint density at radius 1 is 1.37 bits per heavy atom. The number of H-pyrrole nitrogens is 1. The minimum Gasteiger partial charge on any atom is -0.361 e. The van der Waals surface area contributed by atoms with Gasteiger partial charge in [-0.15, -0.1) is 0 Å². The largest absolute Gasteiger partial charge is 0.361 e. The molecular formula is C15H19N3O. The molecule has 2 rings (SSSR count). The van der Waals surface area contributed by atoms with Gasteiger partial charge in [0.25, 0.3) is 5.91 Å². The predicted molar refractivity (Wildman–Crippen MR) is 78.3 cm³/mol. The number of carbonyl (C=O) groups is 1. The number of hydrogen-bond donors (Lipinski definition) is 2. The summed E-state index contributed by atoms with van der Waals surface area (Å²) in [6.07, 6.45) is 2.71. The van der Waals surface area contributed by atoms with Gasteiger partial charge >= 0.3 is 0 Å². The third-order valence-electron chi connectivity index (χ3n) is 2.88. The van der Waals surface area contributed by atoms with Crippen molar-refractivity contribution >= 4 is 22.5 Å². The molecular weight excluding hydrogens is 238 g/mol. The highest BCUT2D eigenvalue weighted by molar-refractivity contribution is 6.05. The molecule has 19 heavy (non-hydrogen) atoms. The zero-order valence-electron chi connectivity index (χ0n) is 11.5. The van der Waals surface area contributed by atoms with E-state index in [9.17, 15) is 4.79 Å². The van der Waals surface area contributed by atoms with Crippen LogP contribution in [0.1, 0.15) is 37.6 Å². The highest BCUT2D eigenvalue weighted by Crippen LogP contribution is 2.16.